The van der Waals surface area contributed by atoms with E-state index in [0.717, 1.165) is 18.2 Å². The molecule has 3 amide bonds. The van der Waals surface area contributed by atoms with Crippen molar-refractivity contribution < 1.29 is 23.5 Å². The number of ether oxygens (including phenoxy) is 1. The Morgan fingerprint density at radius 3 is 2.64 bits per heavy atom. The second-order valence-electron chi connectivity index (χ2n) is 4.53. The minimum Gasteiger partial charge on any atom is -0.452 e. The van der Waals surface area contributed by atoms with Crippen molar-refractivity contribution in [2.45, 2.75) is 26.3 Å². The summed E-state index contributed by atoms with van der Waals surface area (Å²) in [6.07, 6.45) is 0.708. The maximum Gasteiger partial charge on any atom is 0.340 e. The lowest BCUT2D eigenvalue weighted by Gasteiger charge is -2.12. The van der Waals surface area contributed by atoms with Crippen LogP contribution in [0.4, 0.5) is 9.18 Å². The number of urea groups is 1. The van der Waals surface area contributed by atoms with E-state index in [-0.39, 0.29) is 16.6 Å². The van der Waals surface area contributed by atoms with Gasteiger partial charge in [0.1, 0.15) is 5.82 Å². The first-order chi connectivity index (χ1) is 10.3. The van der Waals surface area contributed by atoms with Crippen LogP contribution in [0.25, 0.3) is 0 Å². The van der Waals surface area contributed by atoms with E-state index in [1.807, 2.05) is 12.2 Å². The van der Waals surface area contributed by atoms with Gasteiger partial charge in [0.2, 0.25) is 0 Å². The Bertz CT molecular complexity index is 580. The summed E-state index contributed by atoms with van der Waals surface area (Å²) in [5, 5.41) is 4.41. The Labute approximate surface area is 132 Å². The summed E-state index contributed by atoms with van der Waals surface area (Å²) in [5.41, 5.74) is -0.0695. The van der Waals surface area contributed by atoms with Gasteiger partial charge in [-0.1, -0.05) is 18.5 Å². The third kappa shape index (κ3) is 5.69. The molecule has 6 nitrogen and oxygen atoms in total. The number of esters is 1. The van der Waals surface area contributed by atoms with Gasteiger partial charge < -0.3 is 10.1 Å². The van der Waals surface area contributed by atoms with Crippen LogP contribution in [0.1, 0.15) is 30.6 Å². The van der Waals surface area contributed by atoms with Crippen LogP contribution in [0, 0.1) is 5.82 Å². The molecule has 1 rings (SSSR count). The first-order valence-electron chi connectivity index (χ1n) is 6.56. The molecule has 1 atom stereocenters. The fraction of sp³-hybridized carbons (Fsp3) is 0.357. The fourth-order valence-corrected chi connectivity index (χ4v) is 1.63. The molecule has 0 spiro atoms. The lowest BCUT2D eigenvalue weighted by molar-refractivity contribution is -0.123. The summed E-state index contributed by atoms with van der Waals surface area (Å²) >= 11 is 5.69. The molecule has 2 N–H and O–H groups in total. The normalized spacial score (nSPS) is 11.5. The van der Waals surface area contributed by atoms with Gasteiger partial charge in [-0.05, 0) is 31.5 Å². The number of carbonyl (C=O) groups excluding carboxylic acids is 3. The number of nitrogens with one attached hydrogen (secondary N) is 2. The predicted octanol–water partition coefficient (Wildman–Crippen LogP) is 2.26. The van der Waals surface area contributed by atoms with Gasteiger partial charge in [0, 0.05) is 6.04 Å². The quantitative estimate of drug-likeness (QED) is 0.811. The summed E-state index contributed by atoms with van der Waals surface area (Å²) in [7, 11) is 0. The van der Waals surface area contributed by atoms with Gasteiger partial charge in [-0.2, -0.15) is 0 Å². The Balaban J connectivity index is 2.46. The molecular formula is C14H16ClFN2O4. The molecule has 1 aromatic rings. The van der Waals surface area contributed by atoms with Gasteiger partial charge in [-0.3, -0.25) is 10.1 Å². The van der Waals surface area contributed by atoms with Crippen molar-refractivity contribution in [3.63, 3.8) is 0 Å². The van der Waals surface area contributed by atoms with Gasteiger partial charge >= 0.3 is 12.0 Å². The highest BCUT2D eigenvalue weighted by molar-refractivity contribution is 6.33. The standard InChI is InChI=1S/C14H16ClFN2O4/c1-3-8(2)17-14(21)18-12(19)7-22-13(20)10-5-4-9(16)6-11(10)15/h4-6,8H,3,7H2,1-2H3,(H2,17,18,19,21)/t8-/m1/s1. The second-order valence-corrected chi connectivity index (χ2v) is 4.94. The van der Waals surface area contributed by atoms with E-state index in [1.54, 1.807) is 6.92 Å². The van der Waals surface area contributed by atoms with E-state index >= 15 is 0 Å². The number of rotatable bonds is 5. The van der Waals surface area contributed by atoms with Gasteiger partial charge in [0.25, 0.3) is 5.91 Å². The molecule has 0 fully saturated rings. The zero-order valence-corrected chi connectivity index (χ0v) is 12.9. The summed E-state index contributed by atoms with van der Waals surface area (Å²) in [5.74, 6) is -2.27. The molecule has 0 bridgehead atoms. The van der Waals surface area contributed by atoms with E-state index in [4.69, 9.17) is 16.3 Å². The molecule has 0 saturated heterocycles. The number of benzene rings is 1. The van der Waals surface area contributed by atoms with E-state index in [1.165, 1.54) is 0 Å². The van der Waals surface area contributed by atoms with Gasteiger partial charge in [0.05, 0.1) is 10.6 Å². The van der Waals surface area contributed by atoms with Gasteiger partial charge in [0.15, 0.2) is 6.61 Å². The molecular weight excluding hydrogens is 315 g/mol. The molecule has 1 aromatic carbocycles. The first kappa shape index (κ1) is 17.9. The Morgan fingerprint density at radius 1 is 1.36 bits per heavy atom. The fourth-order valence-electron chi connectivity index (χ4n) is 1.39. The summed E-state index contributed by atoms with van der Waals surface area (Å²) in [6.45, 7) is 3.00. The van der Waals surface area contributed by atoms with Crippen LogP contribution in [-0.2, 0) is 9.53 Å². The Hall–Kier alpha value is -2.15. The van der Waals surface area contributed by atoms with Crippen molar-refractivity contribution >= 4 is 29.5 Å². The van der Waals surface area contributed by atoms with Crippen molar-refractivity contribution in [2.24, 2.45) is 0 Å². The molecule has 0 saturated carbocycles. The lowest BCUT2D eigenvalue weighted by Crippen LogP contribution is -2.44. The number of imide groups is 1. The monoisotopic (exact) mass is 330 g/mol. The van der Waals surface area contributed by atoms with Crippen molar-refractivity contribution in [3.05, 3.63) is 34.6 Å². The van der Waals surface area contributed by atoms with Crippen LogP contribution in [0.5, 0.6) is 0 Å². The predicted molar refractivity (Wildman–Crippen MR) is 78.1 cm³/mol. The molecule has 0 aliphatic rings. The lowest BCUT2D eigenvalue weighted by atomic mass is 10.2. The highest BCUT2D eigenvalue weighted by atomic mass is 35.5. The van der Waals surface area contributed by atoms with Crippen molar-refractivity contribution in [1.82, 2.24) is 10.6 Å². The number of hydrogen-bond acceptors (Lipinski definition) is 4. The third-order valence-electron chi connectivity index (χ3n) is 2.73. The van der Waals surface area contributed by atoms with Gasteiger partial charge in [-0.25, -0.2) is 14.0 Å². The van der Waals surface area contributed by atoms with E-state index in [2.05, 4.69) is 5.32 Å². The van der Waals surface area contributed by atoms with Crippen LogP contribution < -0.4 is 10.6 Å². The summed E-state index contributed by atoms with van der Waals surface area (Å²) < 4.78 is 17.6. The SMILES string of the molecule is CC[C@@H](C)NC(=O)NC(=O)COC(=O)c1ccc(F)cc1Cl. The van der Waals surface area contributed by atoms with E-state index < -0.39 is 30.3 Å². The Kier molecular flexibility index (Phi) is 6.78. The third-order valence-corrected chi connectivity index (χ3v) is 3.04. The number of halogens is 2. The molecule has 22 heavy (non-hydrogen) atoms. The zero-order valence-electron chi connectivity index (χ0n) is 12.1. The van der Waals surface area contributed by atoms with Crippen LogP contribution >= 0.6 is 11.6 Å². The smallest absolute Gasteiger partial charge is 0.340 e. The van der Waals surface area contributed by atoms with E-state index in [9.17, 15) is 18.8 Å². The summed E-state index contributed by atoms with van der Waals surface area (Å²) in [6, 6.07) is 2.39. The largest absolute Gasteiger partial charge is 0.452 e. The van der Waals surface area contributed by atoms with Crippen LogP contribution in [0.2, 0.25) is 5.02 Å². The highest BCUT2D eigenvalue weighted by Crippen LogP contribution is 2.17. The minimum absolute atomic E-state index is 0.0695. The first-order valence-corrected chi connectivity index (χ1v) is 6.93. The van der Waals surface area contributed by atoms with Crippen LogP contribution in [0.3, 0.4) is 0 Å². The molecule has 0 unspecified atom stereocenters. The molecule has 120 valence electrons. The molecule has 0 heterocycles. The molecule has 0 radical (unpaired) electrons. The molecule has 0 aromatic heterocycles. The maximum absolute atomic E-state index is 12.9. The van der Waals surface area contributed by atoms with Crippen LogP contribution in [-0.4, -0.2) is 30.6 Å². The van der Waals surface area contributed by atoms with Crippen molar-refractivity contribution in [2.75, 3.05) is 6.61 Å². The molecule has 0 aliphatic carbocycles. The van der Waals surface area contributed by atoms with Crippen molar-refractivity contribution in [3.8, 4) is 0 Å². The average Bonchev–Trinajstić information content (AvgIpc) is 2.44. The Morgan fingerprint density at radius 2 is 2.05 bits per heavy atom. The van der Waals surface area contributed by atoms with Gasteiger partial charge in [-0.15, -0.1) is 0 Å². The van der Waals surface area contributed by atoms with E-state index in [0.29, 0.717) is 6.42 Å². The van der Waals surface area contributed by atoms with Crippen molar-refractivity contribution in [1.29, 1.82) is 0 Å². The maximum atomic E-state index is 12.9. The minimum atomic E-state index is -0.887. The average molecular weight is 331 g/mol. The molecule has 8 heteroatoms. The number of carbonyl (C=O) groups is 3. The zero-order chi connectivity index (χ0) is 16.7. The number of amides is 3. The second kappa shape index (κ2) is 8.33. The van der Waals surface area contributed by atoms with Crippen LogP contribution in [0.15, 0.2) is 18.2 Å². The topological polar surface area (TPSA) is 84.5 Å². The number of hydrogen-bond donors (Lipinski definition) is 2. The summed E-state index contributed by atoms with van der Waals surface area (Å²) in [4.78, 5) is 34.5. The highest BCUT2D eigenvalue weighted by Gasteiger charge is 2.16. The molecule has 0 aliphatic heterocycles.